The number of nitrogens with zero attached hydrogens (tertiary/aromatic N) is 2. The van der Waals surface area contributed by atoms with Crippen LogP contribution in [0.2, 0.25) is 0 Å². The molecule has 0 aliphatic carbocycles. The lowest BCUT2D eigenvalue weighted by atomic mass is 10.1. The largest absolute Gasteiger partial charge is 0.478 e. The summed E-state index contributed by atoms with van der Waals surface area (Å²) in [6, 6.07) is 16.0. The van der Waals surface area contributed by atoms with Crippen molar-refractivity contribution in [2.45, 2.75) is 19.8 Å². The monoisotopic (exact) mass is 380 g/mol. The number of thioether (sulfide) groups is 1. The van der Waals surface area contributed by atoms with Gasteiger partial charge < -0.3 is 5.11 Å². The predicted molar refractivity (Wildman–Crippen MR) is 109 cm³/mol. The molecule has 2 aromatic rings. The van der Waals surface area contributed by atoms with Crippen molar-refractivity contribution in [2.75, 3.05) is 6.54 Å². The summed E-state index contributed by atoms with van der Waals surface area (Å²) < 4.78 is 0. The molecule has 0 saturated carbocycles. The van der Waals surface area contributed by atoms with Crippen LogP contribution in [0, 0.1) is 0 Å². The number of para-hydroxylation sites is 1. The van der Waals surface area contributed by atoms with E-state index in [4.69, 9.17) is 5.11 Å². The number of amidine groups is 1. The van der Waals surface area contributed by atoms with E-state index in [-0.39, 0.29) is 11.5 Å². The van der Waals surface area contributed by atoms with Crippen LogP contribution in [0.1, 0.15) is 35.7 Å². The van der Waals surface area contributed by atoms with Crippen LogP contribution in [0.5, 0.6) is 0 Å². The molecule has 0 bridgehead atoms. The second kappa shape index (κ2) is 8.68. The highest BCUT2D eigenvalue weighted by Crippen LogP contribution is 2.34. The zero-order valence-electron chi connectivity index (χ0n) is 15.0. The van der Waals surface area contributed by atoms with Crippen molar-refractivity contribution in [3.8, 4) is 0 Å². The smallest absolute Gasteiger partial charge is 0.335 e. The number of benzene rings is 2. The summed E-state index contributed by atoms with van der Waals surface area (Å²) in [6.45, 7) is 2.71. The summed E-state index contributed by atoms with van der Waals surface area (Å²) in [5.41, 5.74) is 1.81. The number of unbranched alkanes of at least 4 members (excludes halogenated alkanes) is 1. The van der Waals surface area contributed by atoms with Crippen LogP contribution in [-0.4, -0.2) is 33.6 Å². The van der Waals surface area contributed by atoms with Crippen LogP contribution in [0.25, 0.3) is 6.08 Å². The first-order valence-corrected chi connectivity index (χ1v) is 9.58. The number of rotatable bonds is 6. The van der Waals surface area contributed by atoms with Gasteiger partial charge in [0.25, 0.3) is 5.91 Å². The maximum absolute atomic E-state index is 12.9. The Morgan fingerprint density at radius 2 is 1.85 bits per heavy atom. The highest BCUT2D eigenvalue weighted by Gasteiger charge is 2.32. The third-order valence-corrected chi connectivity index (χ3v) is 5.07. The molecule has 0 unspecified atom stereocenters. The number of hydrogen-bond donors (Lipinski definition) is 1. The van der Waals surface area contributed by atoms with E-state index in [2.05, 4.69) is 11.9 Å². The Hall–Kier alpha value is -2.86. The van der Waals surface area contributed by atoms with E-state index in [1.165, 1.54) is 23.9 Å². The molecule has 1 heterocycles. The van der Waals surface area contributed by atoms with Crippen LogP contribution >= 0.6 is 11.8 Å². The first-order valence-electron chi connectivity index (χ1n) is 8.77. The Balaban J connectivity index is 1.89. The van der Waals surface area contributed by atoms with Gasteiger partial charge in [-0.3, -0.25) is 9.69 Å². The topological polar surface area (TPSA) is 70.0 Å². The summed E-state index contributed by atoms with van der Waals surface area (Å²) in [6.07, 6.45) is 3.68. The van der Waals surface area contributed by atoms with Crippen molar-refractivity contribution >= 4 is 40.6 Å². The minimum Gasteiger partial charge on any atom is -0.478 e. The van der Waals surface area contributed by atoms with E-state index in [0.29, 0.717) is 16.6 Å². The van der Waals surface area contributed by atoms with Gasteiger partial charge in [-0.2, -0.15) is 0 Å². The van der Waals surface area contributed by atoms with Crippen LogP contribution in [-0.2, 0) is 4.79 Å². The molecule has 27 heavy (non-hydrogen) atoms. The zero-order chi connectivity index (χ0) is 19.2. The van der Waals surface area contributed by atoms with Gasteiger partial charge in [0.1, 0.15) is 0 Å². The van der Waals surface area contributed by atoms with E-state index >= 15 is 0 Å². The summed E-state index contributed by atoms with van der Waals surface area (Å²) in [5.74, 6) is -1.03. The van der Waals surface area contributed by atoms with E-state index in [0.717, 1.165) is 24.1 Å². The molecule has 1 aliphatic rings. The molecule has 0 spiro atoms. The van der Waals surface area contributed by atoms with Gasteiger partial charge in [-0.15, -0.1) is 0 Å². The van der Waals surface area contributed by atoms with Crippen molar-refractivity contribution in [2.24, 2.45) is 4.99 Å². The van der Waals surface area contributed by atoms with Crippen LogP contribution in [0.15, 0.2) is 64.5 Å². The van der Waals surface area contributed by atoms with Gasteiger partial charge in [-0.05, 0) is 54.1 Å². The molecule has 1 saturated heterocycles. The normalized spacial score (nSPS) is 17.1. The molecule has 3 rings (SSSR count). The lowest BCUT2D eigenvalue weighted by Crippen LogP contribution is -2.30. The minimum atomic E-state index is -0.969. The number of carbonyl (C=O) groups excluding carboxylic acids is 1. The highest BCUT2D eigenvalue weighted by molar-refractivity contribution is 8.18. The van der Waals surface area contributed by atoms with Gasteiger partial charge >= 0.3 is 5.97 Å². The molecule has 1 N–H and O–H groups in total. The van der Waals surface area contributed by atoms with Gasteiger partial charge in [0.05, 0.1) is 16.2 Å². The number of aromatic carboxylic acids is 1. The molecule has 0 radical (unpaired) electrons. The lowest BCUT2D eigenvalue weighted by Gasteiger charge is -2.14. The summed E-state index contributed by atoms with van der Waals surface area (Å²) in [5, 5.41) is 9.67. The molecule has 2 aromatic carbocycles. The minimum absolute atomic E-state index is 0.0644. The molecule has 5 nitrogen and oxygen atoms in total. The van der Waals surface area contributed by atoms with Crippen molar-refractivity contribution < 1.29 is 14.7 Å². The quantitative estimate of drug-likeness (QED) is 0.732. The molecule has 1 amide bonds. The number of hydrogen-bond acceptors (Lipinski definition) is 4. The van der Waals surface area contributed by atoms with Crippen molar-refractivity contribution in [3.63, 3.8) is 0 Å². The molecule has 0 aromatic heterocycles. The van der Waals surface area contributed by atoms with E-state index in [1.807, 2.05) is 30.3 Å². The fourth-order valence-corrected chi connectivity index (χ4v) is 3.62. The molecule has 0 atom stereocenters. The Morgan fingerprint density at radius 3 is 2.48 bits per heavy atom. The Bertz CT molecular complexity index is 889. The third-order valence-electron chi connectivity index (χ3n) is 4.06. The molecule has 138 valence electrons. The number of carboxylic acid groups (broad SMARTS) is 1. The fourth-order valence-electron chi connectivity index (χ4n) is 2.59. The Morgan fingerprint density at radius 1 is 1.15 bits per heavy atom. The average Bonchev–Trinajstić information content (AvgIpc) is 2.96. The summed E-state index contributed by atoms with van der Waals surface area (Å²) >= 11 is 1.35. The van der Waals surface area contributed by atoms with Crippen LogP contribution in [0.3, 0.4) is 0 Å². The second-order valence-corrected chi connectivity index (χ2v) is 7.09. The lowest BCUT2D eigenvalue weighted by molar-refractivity contribution is -0.122. The first-order chi connectivity index (χ1) is 13.1. The maximum atomic E-state index is 12.9. The Labute approximate surface area is 162 Å². The summed E-state index contributed by atoms with van der Waals surface area (Å²) in [4.78, 5) is 30.8. The summed E-state index contributed by atoms with van der Waals surface area (Å²) in [7, 11) is 0. The van der Waals surface area contributed by atoms with Gasteiger partial charge in [-0.25, -0.2) is 9.79 Å². The predicted octanol–water partition coefficient (Wildman–Crippen LogP) is 4.79. The van der Waals surface area contributed by atoms with E-state index in [1.54, 1.807) is 23.1 Å². The first kappa shape index (κ1) is 18.9. The zero-order valence-corrected chi connectivity index (χ0v) is 15.8. The fraction of sp³-hybridized carbons (Fsp3) is 0.190. The standard InChI is InChI=1S/C21H20N2O3S/c1-2-3-13-23-19(24)18(14-15-9-11-16(12-10-15)20(25)26)27-21(23)22-17-7-5-4-6-8-17/h4-12,14H,2-3,13H2,1H3,(H,25,26). The van der Waals surface area contributed by atoms with E-state index < -0.39 is 5.97 Å². The van der Waals surface area contributed by atoms with Gasteiger partial charge in [0, 0.05) is 6.54 Å². The second-order valence-electron chi connectivity index (χ2n) is 6.08. The maximum Gasteiger partial charge on any atom is 0.335 e. The van der Waals surface area contributed by atoms with Crippen molar-refractivity contribution in [3.05, 3.63) is 70.6 Å². The van der Waals surface area contributed by atoms with E-state index in [9.17, 15) is 9.59 Å². The molecule has 1 fully saturated rings. The Kier molecular flexibility index (Phi) is 6.08. The molecule has 6 heteroatoms. The van der Waals surface area contributed by atoms with Crippen molar-refractivity contribution in [1.29, 1.82) is 0 Å². The highest BCUT2D eigenvalue weighted by atomic mass is 32.2. The number of carbonyl (C=O) groups is 2. The van der Waals surface area contributed by atoms with Crippen LogP contribution < -0.4 is 0 Å². The molecular formula is C21H20N2O3S. The van der Waals surface area contributed by atoms with Crippen molar-refractivity contribution in [1.82, 2.24) is 4.90 Å². The average molecular weight is 380 g/mol. The number of aliphatic imine (C=N–C) groups is 1. The van der Waals surface area contributed by atoms with Crippen LogP contribution in [0.4, 0.5) is 5.69 Å². The third kappa shape index (κ3) is 4.65. The molecule has 1 aliphatic heterocycles. The SMILES string of the molecule is CCCCN1C(=O)C(=Cc2ccc(C(=O)O)cc2)SC1=Nc1ccccc1. The molecular weight excluding hydrogens is 360 g/mol. The number of carboxylic acids is 1. The van der Waals surface area contributed by atoms with Gasteiger partial charge in [0.15, 0.2) is 5.17 Å². The van der Waals surface area contributed by atoms with Gasteiger partial charge in [0.2, 0.25) is 0 Å². The van der Waals surface area contributed by atoms with Gasteiger partial charge in [-0.1, -0.05) is 43.7 Å². The number of amides is 1.